The van der Waals surface area contributed by atoms with E-state index in [0.717, 1.165) is 5.56 Å². The first kappa shape index (κ1) is 14.0. The van der Waals surface area contributed by atoms with E-state index < -0.39 is 5.54 Å². The molecule has 0 unspecified atom stereocenters. The van der Waals surface area contributed by atoms with Crippen LogP contribution < -0.4 is 5.73 Å². The van der Waals surface area contributed by atoms with Gasteiger partial charge in [-0.1, -0.05) is 29.8 Å². The zero-order chi connectivity index (χ0) is 13.1. The third-order valence-electron chi connectivity index (χ3n) is 2.54. The lowest BCUT2D eigenvalue weighted by molar-refractivity contribution is -0.136. The number of halogens is 1. The third-order valence-corrected chi connectivity index (χ3v) is 2.91. The fourth-order valence-electron chi connectivity index (χ4n) is 1.57. The molecule has 17 heavy (non-hydrogen) atoms. The quantitative estimate of drug-likeness (QED) is 0.897. The molecule has 1 aromatic carbocycles. The Morgan fingerprint density at radius 2 is 2.00 bits per heavy atom. The highest BCUT2D eigenvalue weighted by Crippen LogP contribution is 2.18. The van der Waals surface area contributed by atoms with Crippen LogP contribution in [0.25, 0.3) is 0 Å². The second-order valence-electron chi connectivity index (χ2n) is 4.63. The zero-order valence-electron chi connectivity index (χ0n) is 10.5. The summed E-state index contributed by atoms with van der Waals surface area (Å²) in [5.41, 5.74) is 5.91. The molecule has 1 rings (SSSR count). The van der Waals surface area contributed by atoms with Crippen LogP contribution in [0.1, 0.15) is 26.3 Å². The van der Waals surface area contributed by atoms with E-state index in [0.29, 0.717) is 18.1 Å². The summed E-state index contributed by atoms with van der Waals surface area (Å²) in [6, 6.07) is 7.52. The lowest BCUT2D eigenvalue weighted by Gasteiger charge is -2.28. The van der Waals surface area contributed by atoms with Crippen LogP contribution >= 0.6 is 11.6 Å². The minimum absolute atomic E-state index is 0.0695. The summed E-state index contributed by atoms with van der Waals surface area (Å²) < 4.78 is 0. The molecule has 0 spiro atoms. The molecule has 0 bridgehead atoms. The van der Waals surface area contributed by atoms with E-state index in [1.807, 2.05) is 31.2 Å². The second kappa shape index (κ2) is 5.52. The molecule has 94 valence electrons. The van der Waals surface area contributed by atoms with Gasteiger partial charge in [-0.3, -0.25) is 4.79 Å². The Hall–Kier alpha value is -1.06. The predicted molar refractivity (Wildman–Crippen MR) is 70.8 cm³/mol. The monoisotopic (exact) mass is 254 g/mol. The normalized spacial score (nSPS) is 11.4. The van der Waals surface area contributed by atoms with Crippen LogP contribution in [0, 0.1) is 0 Å². The molecule has 0 saturated heterocycles. The van der Waals surface area contributed by atoms with Crippen LogP contribution in [0.4, 0.5) is 0 Å². The summed E-state index contributed by atoms with van der Waals surface area (Å²) in [7, 11) is 0. The fourth-order valence-corrected chi connectivity index (χ4v) is 1.76. The number of rotatable bonds is 4. The van der Waals surface area contributed by atoms with Crippen LogP contribution in [0.3, 0.4) is 0 Å². The Labute approximate surface area is 108 Å². The third kappa shape index (κ3) is 3.72. The Morgan fingerprint density at radius 1 is 1.41 bits per heavy atom. The topological polar surface area (TPSA) is 46.3 Å². The van der Waals surface area contributed by atoms with E-state index in [2.05, 4.69) is 0 Å². The van der Waals surface area contributed by atoms with Gasteiger partial charge in [-0.2, -0.15) is 0 Å². The maximum absolute atomic E-state index is 12.1. The van der Waals surface area contributed by atoms with Gasteiger partial charge in [0.05, 0.1) is 5.54 Å². The summed E-state index contributed by atoms with van der Waals surface area (Å²) in [6.07, 6.45) is 0. The number of nitrogens with zero attached hydrogens (tertiary/aromatic N) is 1. The Kier molecular flexibility index (Phi) is 4.54. The molecular formula is C13H19ClN2O. The molecule has 3 nitrogen and oxygen atoms in total. The van der Waals surface area contributed by atoms with Crippen LogP contribution in [0.2, 0.25) is 5.02 Å². The Bertz CT molecular complexity index is 399. The fraction of sp³-hybridized carbons (Fsp3) is 0.462. The first-order chi connectivity index (χ1) is 7.86. The lowest BCUT2D eigenvalue weighted by atomic mass is 10.0. The minimum Gasteiger partial charge on any atom is -0.337 e. The van der Waals surface area contributed by atoms with Crippen molar-refractivity contribution in [2.75, 3.05) is 6.54 Å². The zero-order valence-corrected chi connectivity index (χ0v) is 11.3. The van der Waals surface area contributed by atoms with Gasteiger partial charge in [-0.05, 0) is 32.4 Å². The average Bonchev–Trinajstić information content (AvgIpc) is 2.26. The Morgan fingerprint density at radius 3 is 2.47 bits per heavy atom. The van der Waals surface area contributed by atoms with Crippen molar-refractivity contribution in [3.05, 3.63) is 34.9 Å². The van der Waals surface area contributed by atoms with Gasteiger partial charge in [0.15, 0.2) is 0 Å². The lowest BCUT2D eigenvalue weighted by Crippen LogP contribution is -2.50. The van der Waals surface area contributed by atoms with Crippen molar-refractivity contribution in [1.29, 1.82) is 0 Å². The maximum atomic E-state index is 12.1. The van der Waals surface area contributed by atoms with Crippen molar-refractivity contribution in [1.82, 2.24) is 4.90 Å². The molecule has 0 atom stereocenters. The smallest absolute Gasteiger partial charge is 0.242 e. The molecule has 1 aromatic rings. The summed E-state index contributed by atoms with van der Waals surface area (Å²) in [6.45, 7) is 6.47. The number of likely N-dealkylation sites (N-methyl/N-ethyl adjacent to an activating group) is 1. The number of carbonyl (C=O) groups excluding carboxylic acids is 1. The minimum atomic E-state index is -0.850. The SMILES string of the molecule is CCN(Cc1ccccc1Cl)C(=O)C(C)(C)N. The summed E-state index contributed by atoms with van der Waals surface area (Å²) >= 11 is 6.08. The highest BCUT2D eigenvalue weighted by molar-refractivity contribution is 6.31. The van der Waals surface area contributed by atoms with Gasteiger partial charge in [0, 0.05) is 18.1 Å². The molecule has 0 radical (unpaired) electrons. The molecule has 0 fully saturated rings. The number of carbonyl (C=O) groups is 1. The van der Waals surface area contributed by atoms with Crippen molar-refractivity contribution in [3.8, 4) is 0 Å². The summed E-state index contributed by atoms with van der Waals surface area (Å²) in [5, 5.41) is 0.675. The number of amides is 1. The van der Waals surface area contributed by atoms with E-state index in [-0.39, 0.29) is 5.91 Å². The van der Waals surface area contributed by atoms with E-state index in [1.165, 1.54) is 0 Å². The van der Waals surface area contributed by atoms with E-state index in [9.17, 15) is 4.79 Å². The molecule has 0 saturated carbocycles. The average molecular weight is 255 g/mol. The molecule has 4 heteroatoms. The molecule has 2 N–H and O–H groups in total. The number of hydrogen-bond donors (Lipinski definition) is 1. The van der Waals surface area contributed by atoms with Gasteiger partial charge in [0.2, 0.25) is 5.91 Å². The predicted octanol–water partition coefficient (Wildman–Crippen LogP) is 2.43. The molecule has 1 amide bonds. The van der Waals surface area contributed by atoms with Crippen LogP contribution in [0.5, 0.6) is 0 Å². The van der Waals surface area contributed by atoms with Crippen molar-refractivity contribution in [3.63, 3.8) is 0 Å². The van der Waals surface area contributed by atoms with E-state index >= 15 is 0 Å². The van der Waals surface area contributed by atoms with Gasteiger partial charge in [0.1, 0.15) is 0 Å². The van der Waals surface area contributed by atoms with Crippen molar-refractivity contribution in [2.45, 2.75) is 32.9 Å². The van der Waals surface area contributed by atoms with Gasteiger partial charge in [0.25, 0.3) is 0 Å². The van der Waals surface area contributed by atoms with Gasteiger partial charge in [-0.25, -0.2) is 0 Å². The molecule has 0 heterocycles. The van der Waals surface area contributed by atoms with E-state index in [4.69, 9.17) is 17.3 Å². The maximum Gasteiger partial charge on any atom is 0.242 e. The molecule has 0 aliphatic carbocycles. The first-order valence-corrected chi connectivity index (χ1v) is 6.05. The molecular weight excluding hydrogens is 236 g/mol. The second-order valence-corrected chi connectivity index (χ2v) is 5.04. The standard InChI is InChI=1S/C13H19ClN2O/c1-4-16(12(17)13(2,3)15)9-10-7-5-6-8-11(10)14/h5-8H,4,9,15H2,1-3H3. The van der Waals surface area contributed by atoms with Gasteiger partial charge < -0.3 is 10.6 Å². The number of hydrogen-bond acceptors (Lipinski definition) is 2. The van der Waals surface area contributed by atoms with Crippen molar-refractivity contribution < 1.29 is 4.79 Å². The highest BCUT2D eigenvalue weighted by Gasteiger charge is 2.27. The number of benzene rings is 1. The van der Waals surface area contributed by atoms with Crippen LogP contribution in [-0.2, 0) is 11.3 Å². The molecule has 0 aliphatic heterocycles. The largest absolute Gasteiger partial charge is 0.337 e. The Balaban J connectivity index is 2.85. The van der Waals surface area contributed by atoms with Gasteiger partial charge >= 0.3 is 0 Å². The summed E-state index contributed by atoms with van der Waals surface area (Å²) in [5.74, 6) is -0.0695. The summed E-state index contributed by atoms with van der Waals surface area (Å²) in [4.78, 5) is 13.8. The van der Waals surface area contributed by atoms with Crippen molar-refractivity contribution >= 4 is 17.5 Å². The van der Waals surface area contributed by atoms with Crippen molar-refractivity contribution in [2.24, 2.45) is 5.73 Å². The number of nitrogens with two attached hydrogens (primary N) is 1. The van der Waals surface area contributed by atoms with Gasteiger partial charge in [-0.15, -0.1) is 0 Å². The molecule has 0 aromatic heterocycles. The van der Waals surface area contributed by atoms with E-state index in [1.54, 1.807) is 18.7 Å². The van der Waals surface area contributed by atoms with Crippen LogP contribution in [0.15, 0.2) is 24.3 Å². The first-order valence-electron chi connectivity index (χ1n) is 5.68. The highest BCUT2D eigenvalue weighted by atomic mass is 35.5. The molecule has 0 aliphatic rings. The van der Waals surface area contributed by atoms with Crippen LogP contribution in [-0.4, -0.2) is 22.9 Å².